The van der Waals surface area contributed by atoms with Crippen LogP contribution in [0.5, 0.6) is 5.75 Å². The molecule has 0 aliphatic heterocycles. The minimum atomic E-state index is 0.752. The van der Waals surface area contributed by atoms with Gasteiger partial charge in [0.1, 0.15) is 5.75 Å². The number of fused-ring (bicyclic) bond motifs is 1. The zero-order valence-electron chi connectivity index (χ0n) is 13.1. The highest BCUT2D eigenvalue weighted by Crippen LogP contribution is 2.21. The molecule has 1 unspecified atom stereocenters. The molecule has 2 aromatic rings. The number of H-pyrrole nitrogens is 1. The van der Waals surface area contributed by atoms with Crippen molar-refractivity contribution in [3.8, 4) is 5.75 Å². The number of aromatic nitrogens is 1. The van der Waals surface area contributed by atoms with Gasteiger partial charge in [0.05, 0.1) is 7.11 Å². The normalized spacial score (nSPS) is 12.5. The highest BCUT2D eigenvalue weighted by molar-refractivity contribution is 5.81. The van der Waals surface area contributed by atoms with Gasteiger partial charge in [0.25, 0.3) is 0 Å². The van der Waals surface area contributed by atoms with Gasteiger partial charge in [-0.1, -0.05) is 19.4 Å². The maximum Gasteiger partial charge on any atom is 0.120 e. The number of hydrogen-bond donors (Lipinski definition) is 2. The third-order valence-electron chi connectivity index (χ3n) is 4.01. The molecule has 2 N–H and O–H groups in total. The van der Waals surface area contributed by atoms with Crippen molar-refractivity contribution in [2.24, 2.45) is 5.92 Å². The molecule has 3 nitrogen and oxygen atoms in total. The van der Waals surface area contributed by atoms with Crippen molar-refractivity contribution in [3.05, 3.63) is 42.6 Å². The highest BCUT2D eigenvalue weighted by atomic mass is 16.5. The molecular formula is C18H26N2O. The van der Waals surface area contributed by atoms with E-state index >= 15 is 0 Å². The van der Waals surface area contributed by atoms with Crippen molar-refractivity contribution in [2.45, 2.75) is 32.7 Å². The Balaban J connectivity index is 1.84. The zero-order chi connectivity index (χ0) is 15.1. The van der Waals surface area contributed by atoms with Crippen molar-refractivity contribution in [3.63, 3.8) is 0 Å². The number of hydrogen-bond acceptors (Lipinski definition) is 2. The summed E-state index contributed by atoms with van der Waals surface area (Å²) in [5, 5.41) is 4.75. The van der Waals surface area contributed by atoms with Gasteiger partial charge in [-0.15, -0.1) is 6.58 Å². The maximum absolute atomic E-state index is 5.25. The van der Waals surface area contributed by atoms with Crippen LogP contribution in [-0.4, -0.2) is 18.6 Å². The summed E-state index contributed by atoms with van der Waals surface area (Å²) in [5.74, 6) is 1.64. The van der Waals surface area contributed by atoms with Crippen LogP contribution in [0.25, 0.3) is 10.9 Å². The van der Waals surface area contributed by atoms with Gasteiger partial charge < -0.3 is 15.0 Å². The summed E-state index contributed by atoms with van der Waals surface area (Å²) in [7, 11) is 1.69. The molecule has 0 aliphatic rings. The molecule has 1 atom stereocenters. The first-order chi connectivity index (χ1) is 10.3. The fourth-order valence-electron chi connectivity index (χ4n) is 2.64. The summed E-state index contributed by atoms with van der Waals surface area (Å²) in [6.45, 7) is 8.00. The number of aromatic amines is 1. The van der Waals surface area contributed by atoms with E-state index in [4.69, 9.17) is 4.74 Å². The second-order valence-electron chi connectivity index (χ2n) is 5.51. The molecule has 0 aliphatic carbocycles. The monoisotopic (exact) mass is 286 g/mol. The van der Waals surface area contributed by atoms with Gasteiger partial charge in [-0.25, -0.2) is 0 Å². The molecule has 3 heteroatoms. The van der Waals surface area contributed by atoms with Gasteiger partial charge in [-0.2, -0.15) is 0 Å². The van der Waals surface area contributed by atoms with Crippen molar-refractivity contribution >= 4 is 10.9 Å². The highest BCUT2D eigenvalue weighted by Gasteiger charge is 2.05. The Kier molecular flexibility index (Phi) is 5.88. The van der Waals surface area contributed by atoms with Gasteiger partial charge >= 0.3 is 0 Å². The van der Waals surface area contributed by atoms with Crippen molar-refractivity contribution in [2.75, 3.05) is 13.7 Å². The SMILES string of the molecule is C=CCC(CC)CCNCc1cc2ccc(OC)cc2[nH]1. The van der Waals surface area contributed by atoms with Crippen LogP contribution in [0.4, 0.5) is 0 Å². The number of allylic oxidation sites excluding steroid dienone is 1. The number of benzene rings is 1. The molecule has 21 heavy (non-hydrogen) atoms. The maximum atomic E-state index is 5.25. The first-order valence-electron chi connectivity index (χ1n) is 7.74. The molecule has 114 valence electrons. The molecule has 0 bridgehead atoms. The summed E-state index contributed by atoms with van der Waals surface area (Å²) in [6, 6.07) is 8.32. The van der Waals surface area contributed by atoms with Crippen molar-refractivity contribution in [1.29, 1.82) is 0 Å². The van der Waals surface area contributed by atoms with E-state index in [1.807, 2.05) is 18.2 Å². The van der Waals surface area contributed by atoms with E-state index in [1.54, 1.807) is 7.11 Å². The minimum Gasteiger partial charge on any atom is -0.497 e. The Morgan fingerprint density at radius 3 is 2.95 bits per heavy atom. The van der Waals surface area contributed by atoms with Crippen LogP contribution >= 0.6 is 0 Å². The third-order valence-corrected chi connectivity index (χ3v) is 4.01. The Hall–Kier alpha value is -1.74. The van der Waals surface area contributed by atoms with Crippen molar-refractivity contribution < 1.29 is 4.74 Å². The van der Waals surface area contributed by atoms with E-state index in [-0.39, 0.29) is 0 Å². The number of methoxy groups -OCH3 is 1. The minimum absolute atomic E-state index is 0.752. The van der Waals surface area contributed by atoms with E-state index in [0.717, 1.165) is 36.7 Å². The Bertz CT molecular complexity index is 574. The van der Waals surface area contributed by atoms with Crippen LogP contribution in [0.1, 0.15) is 31.9 Å². The molecule has 0 saturated carbocycles. The van der Waals surface area contributed by atoms with Gasteiger partial charge in [0.15, 0.2) is 0 Å². The molecule has 0 fully saturated rings. The first kappa shape index (κ1) is 15.6. The lowest BCUT2D eigenvalue weighted by molar-refractivity contribution is 0.415. The molecule has 0 amide bonds. The van der Waals surface area contributed by atoms with Crippen LogP contribution in [0, 0.1) is 5.92 Å². The van der Waals surface area contributed by atoms with Crippen molar-refractivity contribution in [1.82, 2.24) is 10.3 Å². The molecule has 0 spiro atoms. The number of ether oxygens (including phenoxy) is 1. The quantitative estimate of drug-likeness (QED) is 0.534. The van der Waals surface area contributed by atoms with Gasteiger partial charge in [0, 0.05) is 23.8 Å². The lowest BCUT2D eigenvalue weighted by Gasteiger charge is -2.12. The van der Waals surface area contributed by atoms with Gasteiger partial charge in [-0.3, -0.25) is 0 Å². The van der Waals surface area contributed by atoms with Gasteiger partial charge in [-0.05, 0) is 48.9 Å². The predicted molar refractivity (Wildman–Crippen MR) is 89.8 cm³/mol. The topological polar surface area (TPSA) is 37.0 Å². The van der Waals surface area contributed by atoms with Gasteiger partial charge in [0.2, 0.25) is 0 Å². The Morgan fingerprint density at radius 1 is 1.38 bits per heavy atom. The van der Waals surface area contributed by atoms with Crippen LogP contribution in [0.15, 0.2) is 36.9 Å². The van der Waals surface area contributed by atoms with E-state index in [9.17, 15) is 0 Å². The Labute approximate surface area is 127 Å². The third kappa shape index (κ3) is 4.36. The second kappa shape index (κ2) is 7.89. The summed E-state index contributed by atoms with van der Waals surface area (Å²) in [5.41, 5.74) is 2.35. The van der Waals surface area contributed by atoms with E-state index in [1.165, 1.54) is 23.9 Å². The van der Waals surface area contributed by atoms with Crippen LogP contribution in [0.3, 0.4) is 0 Å². The largest absolute Gasteiger partial charge is 0.497 e. The number of nitrogens with one attached hydrogen (secondary N) is 2. The first-order valence-corrected chi connectivity index (χ1v) is 7.74. The lowest BCUT2D eigenvalue weighted by Crippen LogP contribution is -2.17. The predicted octanol–water partition coefficient (Wildman–Crippen LogP) is 4.26. The second-order valence-corrected chi connectivity index (χ2v) is 5.51. The molecule has 1 aromatic heterocycles. The van der Waals surface area contributed by atoms with Crippen LogP contribution in [0.2, 0.25) is 0 Å². The summed E-state index contributed by atoms with van der Waals surface area (Å²) in [6.07, 6.45) is 5.57. The Morgan fingerprint density at radius 2 is 2.24 bits per heavy atom. The molecule has 0 saturated heterocycles. The molecule has 1 aromatic carbocycles. The molecule has 1 heterocycles. The zero-order valence-corrected chi connectivity index (χ0v) is 13.1. The fraction of sp³-hybridized carbons (Fsp3) is 0.444. The average molecular weight is 286 g/mol. The van der Waals surface area contributed by atoms with Crippen LogP contribution < -0.4 is 10.1 Å². The number of rotatable bonds is 9. The summed E-state index contributed by atoms with van der Waals surface area (Å²) >= 11 is 0. The standard InChI is InChI=1S/C18H26N2O/c1-4-6-14(5-2)9-10-19-13-16-11-15-7-8-17(21-3)12-18(15)20-16/h4,7-8,11-12,14,19-20H,1,5-6,9-10,13H2,2-3H3. The average Bonchev–Trinajstić information content (AvgIpc) is 2.91. The van der Waals surface area contributed by atoms with E-state index in [2.05, 4.69) is 35.9 Å². The smallest absolute Gasteiger partial charge is 0.120 e. The lowest BCUT2D eigenvalue weighted by atomic mass is 9.99. The van der Waals surface area contributed by atoms with Crippen LogP contribution in [-0.2, 0) is 6.54 Å². The fourth-order valence-corrected chi connectivity index (χ4v) is 2.64. The summed E-state index contributed by atoms with van der Waals surface area (Å²) in [4.78, 5) is 3.44. The van der Waals surface area contributed by atoms with E-state index < -0.39 is 0 Å². The summed E-state index contributed by atoms with van der Waals surface area (Å²) < 4.78 is 5.25. The molecule has 2 rings (SSSR count). The van der Waals surface area contributed by atoms with E-state index in [0.29, 0.717) is 0 Å². The molecule has 0 radical (unpaired) electrons. The molecular weight excluding hydrogens is 260 g/mol.